The van der Waals surface area contributed by atoms with Crippen molar-refractivity contribution in [2.24, 2.45) is 0 Å². The number of aromatic nitrogens is 3. The molecular formula is C19H19F3N4OS2. The molecule has 0 spiro atoms. The number of nitrogens with zero attached hydrogens (tertiary/aromatic N) is 3. The van der Waals surface area contributed by atoms with Crippen LogP contribution in [0.3, 0.4) is 0 Å². The number of rotatable bonds is 9. The van der Waals surface area contributed by atoms with E-state index in [1.54, 1.807) is 11.3 Å². The van der Waals surface area contributed by atoms with Gasteiger partial charge < -0.3 is 9.88 Å². The van der Waals surface area contributed by atoms with E-state index in [4.69, 9.17) is 0 Å². The van der Waals surface area contributed by atoms with Gasteiger partial charge in [0.1, 0.15) is 12.4 Å². The average molecular weight is 441 g/mol. The zero-order chi connectivity index (χ0) is 20.7. The molecule has 1 N–H and O–H groups in total. The van der Waals surface area contributed by atoms with Crippen molar-refractivity contribution in [3.63, 3.8) is 0 Å². The Labute approximate surface area is 174 Å². The van der Waals surface area contributed by atoms with Crippen LogP contribution in [0, 0.1) is 0 Å². The van der Waals surface area contributed by atoms with E-state index in [-0.39, 0.29) is 5.75 Å². The Hall–Kier alpha value is -2.33. The minimum atomic E-state index is -4.43. The summed E-state index contributed by atoms with van der Waals surface area (Å²) in [6, 6.07) is 13.9. The van der Waals surface area contributed by atoms with Gasteiger partial charge in [0.05, 0.1) is 5.75 Å². The summed E-state index contributed by atoms with van der Waals surface area (Å²) in [5, 5.41) is 12.8. The van der Waals surface area contributed by atoms with E-state index in [9.17, 15) is 18.0 Å². The third-order valence-corrected chi connectivity index (χ3v) is 5.83. The summed E-state index contributed by atoms with van der Waals surface area (Å²) in [5.74, 6) is -0.0789. The van der Waals surface area contributed by atoms with Gasteiger partial charge in [-0.15, -0.1) is 21.5 Å². The molecule has 3 aromatic rings. The van der Waals surface area contributed by atoms with Crippen LogP contribution in [0.2, 0.25) is 0 Å². The molecule has 0 radical (unpaired) electrons. The standard InChI is InChI=1S/C19H19F3N4OS2/c20-19(21,22)13-23-17(27)12-29-18-25-24-16(11-15-7-4-10-28-15)26(18)9-8-14-5-2-1-3-6-14/h1-7,10H,8-9,11-13H2,(H,23,27). The second-order valence-electron chi connectivity index (χ2n) is 6.22. The minimum absolute atomic E-state index is 0.154. The van der Waals surface area contributed by atoms with E-state index >= 15 is 0 Å². The molecule has 10 heteroatoms. The van der Waals surface area contributed by atoms with Crippen LogP contribution < -0.4 is 5.32 Å². The fourth-order valence-electron chi connectivity index (χ4n) is 2.62. The Balaban J connectivity index is 1.68. The molecule has 0 unspecified atom stereocenters. The number of alkyl halides is 3. The maximum atomic E-state index is 12.2. The fraction of sp³-hybridized carbons (Fsp3) is 0.316. The Morgan fingerprint density at radius 1 is 1.14 bits per heavy atom. The van der Waals surface area contributed by atoms with Gasteiger partial charge in [-0.1, -0.05) is 48.2 Å². The second kappa shape index (κ2) is 9.93. The molecular weight excluding hydrogens is 421 g/mol. The molecule has 0 saturated carbocycles. The number of carbonyl (C=O) groups is 1. The van der Waals surface area contributed by atoms with Crippen LogP contribution in [0.4, 0.5) is 13.2 Å². The highest BCUT2D eigenvalue weighted by atomic mass is 32.2. The normalized spacial score (nSPS) is 11.6. The maximum absolute atomic E-state index is 12.2. The summed E-state index contributed by atoms with van der Waals surface area (Å²) in [5.41, 5.74) is 1.15. The highest BCUT2D eigenvalue weighted by Crippen LogP contribution is 2.21. The van der Waals surface area contributed by atoms with E-state index < -0.39 is 18.6 Å². The summed E-state index contributed by atoms with van der Waals surface area (Å²) >= 11 is 2.71. The number of amides is 1. The molecule has 29 heavy (non-hydrogen) atoms. The van der Waals surface area contributed by atoms with E-state index in [1.807, 2.05) is 57.7 Å². The molecule has 0 fully saturated rings. The van der Waals surface area contributed by atoms with Crippen LogP contribution in [0.1, 0.15) is 16.3 Å². The van der Waals surface area contributed by atoms with Gasteiger partial charge in [-0.05, 0) is 23.4 Å². The largest absolute Gasteiger partial charge is 0.405 e. The molecule has 0 saturated heterocycles. The molecule has 2 heterocycles. The summed E-state index contributed by atoms with van der Waals surface area (Å²) in [6.07, 6.45) is -3.06. The van der Waals surface area contributed by atoms with Gasteiger partial charge in [0.15, 0.2) is 5.16 Å². The summed E-state index contributed by atoms with van der Waals surface area (Å²) < 4.78 is 38.7. The third kappa shape index (κ3) is 6.90. The highest BCUT2D eigenvalue weighted by molar-refractivity contribution is 7.99. The van der Waals surface area contributed by atoms with Crippen molar-refractivity contribution in [1.82, 2.24) is 20.1 Å². The van der Waals surface area contributed by atoms with Gasteiger partial charge in [0, 0.05) is 17.8 Å². The smallest absolute Gasteiger partial charge is 0.346 e. The number of nitrogens with one attached hydrogen (secondary N) is 1. The lowest BCUT2D eigenvalue weighted by atomic mass is 10.1. The summed E-state index contributed by atoms with van der Waals surface area (Å²) in [4.78, 5) is 12.9. The number of thioether (sulfide) groups is 1. The number of hydrogen-bond acceptors (Lipinski definition) is 5. The van der Waals surface area contributed by atoms with E-state index in [2.05, 4.69) is 10.2 Å². The number of carbonyl (C=O) groups excluding carboxylic acids is 1. The topological polar surface area (TPSA) is 59.8 Å². The monoisotopic (exact) mass is 440 g/mol. The van der Waals surface area contributed by atoms with Crippen LogP contribution in [-0.2, 0) is 24.2 Å². The first kappa shape index (κ1) is 21.4. The minimum Gasteiger partial charge on any atom is -0.346 e. The lowest BCUT2D eigenvalue weighted by molar-refractivity contribution is -0.136. The van der Waals surface area contributed by atoms with Gasteiger partial charge in [-0.3, -0.25) is 4.79 Å². The van der Waals surface area contributed by atoms with Crippen LogP contribution in [0.25, 0.3) is 0 Å². The van der Waals surface area contributed by atoms with Crippen LogP contribution in [-0.4, -0.2) is 39.1 Å². The van der Waals surface area contributed by atoms with Crippen molar-refractivity contribution in [3.05, 3.63) is 64.1 Å². The van der Waals surface area contributed by atoms with E-state index in [0.29, 0.717) is 18.1 Å². The van der Waals surface area contributed by atoms with Crippen molar-refractivity contribution < 1.29 is 18.0 Å². The van der Waals surface area contributed by atoms with Crippen LogP contribution in [0.5, 0.6) is 0 Å². The molecule has 1 amide bonds. The number of thiophene rings is 1. The van der Waals surface area contributed by atoms with E-state index in [0.717, 1.165) is 34.4 Å². The average Bonchev–Trinajstić information content (AvgIpc) is 3.34. The molecule has 5 nitrogen and oxygen atoms in total. The molecule has 3 rings (SSSR count). The molecule has 0 bridgehead atoms. The van der Waals surface area contributed by atoms with Gasteiger partial charge >= 0.3 is 6.18 Å². The highest BCUT2D eigenvalue weighted by Gasteiger charge is 2.27. The first-order valence-corrected chi connectivity index (χ1v) is 10.7. The Morgan fingerprint density at radius 2 is 1.93 bits per heavy atom. The quantitative estimate of drug-likeness (QED) is 0.512. The number of benzene rings is 1. The molecule has 1 aromatic carbocycles. The van der Waals surface area contributed by atoms with Crippen molar-refractivity contribution >= 4 is 29.0 Å². The van der Waals surface area contributed by atoms with E-state index in [1.165, 1.54) is 0 Å². The lowest BCUT2D eigenvalue weighted by Gasteiger charge is -2.11. The van der Waals surface area contributed by atoms with Gasteiger partial charge in [-0.25, -0.2) is 0 Å². The Bertz CT molecular complexity index is 911. The SMILES string of the molecule is O=C(CSc1nnc(Cc2cccs2)n1CCc1ccccc1)NCC(F)(F)F. The van der Waals surface area contributed by atoms with Crippen LogP contribution in [0.15, 0.2) is 53.0 Å². The second-order valence-corrected chi connectivity index (χ2v) is 8.20. The fourth-order valence-corrected chi connectivity index (χ4v) is 4.13. The molecule has 0 aliphatic rings. The molecule has 0 aliphatic heterocycles. The van der Waals surface area contributed by atoms with Crippen molar-refractivity contribution in [3.8, 4) is 0 Å². The van der Waals surface area contributed by atoms with Crippen LogP contribution >= 0.6 is 23.1 Å². The zero-order valence-electron chi connectivity index (χ0n) is 15.4. The molecule has 154 valence electrons. The number of halogens is 3. The predicted molar refractivity (Wildman–Crippen MR) is 107 cm³/mol. The lowest BCUT2D eigenvalue weighted by Crippen LogP contribution is -2.34. The summed E-state index contributed by atoms with van der Waals surface area (Å²) in [6.45, 7) is -0.721. The summed E-state index contributed by atoms with van der Waals surface area (Å²) in [7, 11) is 0. The number of hydrogen-bond donors (Lipinski definition) is 1. The molecule has 2 aromatic heterocycles. The predicted octanol–water partition coefficient (Wildman–Crippen LogP) is 3.94. The van der Waals surface area contributed by atoms with Gasteiger partial charge in [0.25, 0.3) is 0 Å². The van der Waals surface area contributed by atoms with Crippen molar-refractivity contribution in [2.45, 2.75) is 30.7 Å². The van der Waals surface area contributed by atoms with Gasteiger partial charge in [-0.2, -0.15) is 13.2 Å². The Kier molecular flexibility index (Phi) is 7.32. The molecule has 0 aliphatic carbocycles. The first-order valence-electron chi connectivity index (χ1n) is 8.85. The third-order valence-electron chi connectivity index (χ3n) is 3.99. The molecule has 0 atom stereocenters. The zero-order valence-corrected chi connectivity index (χ0v) is 17.0. The van der Waals surface area contributed by atoms with Crippen molar-refractivity contribution in [2.75, 3.05) is 12.3 Å². The maximum Gasteiger partial charge on any atom is 0.405 e. The van der Waals surface area contributed by atoms with Gasteiger partial charge in [0.2, 0.25) is 5.91 Å². The van der Waals surface area contributed by atoms with Crippen molar-refractivity contribution in [1.29, 1.82) is 0 Å². The number of aryl methyl sites for hydroxylation is 1. The first-order chi connectivity index (χ1) is 13.9. The Morgan fingerprint density at radius 3 is 2.62 bits per heavy atom.